The molecule has 1 amide bonds. The molecule has 0 spiro atoms. The first-order valence-corrected chi connectivity index (χ1v) is 6.79. The van der Waals surface area contributed by atoms with Gasteiger partial charge in [-0.25, -0.2) is 0 Å². The van der Waals surface area contributed by atoms with Crippen LogP contribution in [0.1, 0.15) is 37.0 Å². The molecule has 110 valence electrons. The third kappa shape index (κ3) is 3.94. The number of rotatable bonds is 7. The van der Waals surface area contributed by atoms with Crippen molar-refractivity contribution >= 4 is 17.3 Å². The summed E-state index contributed by atoms with van der Waals surface area (Å²) in [6.45, 7) is 5.15. The number of amides is 1. The minimum atomic E-state index is -0.471. The molecule has 0 radical (unpaired) electrons. The van der Waals surface area contributed by atoms with Crippen LogP contribution in [-0.4, -0.2) is 35.9 Å². The predicted molar refractivity (Wildman–Crippen MR) is 79.1 cm³/mol. The Morgan fingerprint density at radius 1 is 1.40 bits per heavy atom. The Labute approximate surface area is 118 Å². The van der Waals surface area contributed by atoms with Crippen molar-refractivity contribution in [2.75, 3.05) is 25.5 Å². The van der Waals surface area contributed by atoms with Crippen molar-refractivity contribution in [3.05, 3.63) is 33.9 Å². The van der Waals surface area contributed by atoms with Crippen molar-refractivity contribution in [1.82, 2.24) is 4.90 Å². The van der Waals surface area contributed by atoms with E-state index in [4.69, 9.17) is 0 Å². The van der Waals surface area contributed by atoms with E-state index >= 15 is 0 Å². The normalized spacial score (nSPS) is 10.2. The Kier molecular flexibility index (Phi) is 5.96. The van der Waals surface area contributed by atoms with Crippen LogP contribution in [-0.2, 0) is 0 Å². The lowest BCUT2D eigenvalue weighted by Gasteiger charge is -2.17. The number of anilines is 1. The summed E-state index contributed by atoms with van der Waals surface area (Å²) >= 11 is 0. The molecule has 0 saturated heterocycles. The van der Waals surface area contributed by atoms with Crippen LogP contribution < -0.4 is 5.32 Å². The monoisotopic (exact) mass is 279 g/mol. The molecule has 1 rings (SSSR count). The lowest BCUT2D eigenvalue weighted by molar-refractivity contribution is -0.384. The third-order valence-corrected chi connectivity index (χ3v) is 3.00. The highest BCUT2D eigenvalue weighted by Gasteiger charge is 2.18. The van der Waals surface area contributed by atoms with Gasteiger partial charge in [0.25, 0.3) is 11.6 Å². The van der Waals surface area contributed by atoms with Gasteiger partial charge in [-0.2, -0.15) is 0 Å². The lowest BCUT2D eigenvalue weighted by Crippen LogP contribution is -2.27. The van der Waals surface area contributed by atoms with E-state index in [1.807, 2.05) is 13.8 Å². The van der Waals surface area contributed by atoms with Gasteiger partial charge in [0.2, 0.25) is 0 Å². The summed E-state index contributed by atoms with van der Waals surface area (Å²) in [7, 11) is 1.71. The number of unbranched alkanes of at least 4 members (excludes halogenated alkanes) is 1. The number of nitrogens with one attached hydrogen (secondary N) is 1. The molecule has 20 heavy (non-hydrogen) atoms. The fraction of sp³-hybridized carbons (Fsp3) is 0.500. The van der Waals surface area contributed by atoms with Gasteiger partial charge in [-0.1, -0.05) is 13.3 Å². The van der Waals surface area contributed by atoms with Gasteiger partial charge in [0.15, 0.2) is 0 Å². The van der Waals surface area contributed by atoms with Crippen LogP contribution in [0.2, 0.25) is 0 Å². The zero-order valence-corrected chi connectivity index (χ0v) is 12.2. The smallest absolute Gasteiger partial charge is 0.293 e. The van der Waals surface area contributed by atoms with Crippen molar-refractivity contribution in [1.29, 1.82) is 0 Å². The summed E-state index contributed by atoms with van der Waals surface area (Å²) in [5.74, 6) is -0.190. The van der Waals surface area contributed by atoms with E-state index in [9.17, 15) is 14.9 Å². The average Bonchev–Trinajstić information content (AvgIpc) is 2.44. The zero-order chi connectivity index (χ0) is 15.1. The fourth-order valence-electron chi connectivity index (χ4n) is 1.87. The molecule has 1 N–H and O–H groups in total. The fourth-order valence-corrected chi connectivity index (χ4v) is 1.87. The van der Waals surface area contributed by atoms with Crippen molar-refractivity contribution in [3.8, 4) is 0 Å². The Balaban J connectivity index is 2.99. The molecular formula is C14H21N3O3. The summed E-state index contributed by atoms with van der Waals surface area (Å²) < 4.78 is 0. The molecule has 0 aliphatic rings. The van der Waals surface area contributed by atoms with E-state index in [2.05, 4.69) is 5.32 Å². The zero-order valence-electron chi connectivity index (χ0n) is 12.2. The molecule has 0 aliphatic heterocycles. The SMILES string of the molecule is CCCCN(C)C(=O)c1ccc(NCC)c([N+](=O)[O-])c1. The van der Waals surface area contributed by atoms with Crippen LogP contribution in [0.15, 0.2) is 18.2 Å². The molecule has 6 heteroatoms. The first-order chi connectivity index (χ1) is 9.51. The van der Waals surface area contributed by atoms with Gasteiger partial charge in [0.1, 0.15) is 5.69 Å². The second-order valence-electron chi connectivity index (χ2n) is 4.60. The average molecular weight is 279 g/mol. The second-order valence-corrected chi connectivity index (χ2v) is 4.60. The number of carbonyl (C=O) groups excluding carboxylic acids is 1. The number of nitro benzene ring substituents is 1. The Bertz CT molecular complexity index is 489. The first-order valence-electron chi connectivity index (χ1n) is 6.79. The standard InChI is InChI=1S/C14H21N3O3/c1-4-6-9-16(3)14(18)11-7-8-12(15-5-2)13(10-11)17(19)20/h7-8,10,15H,4-6,9H2,1-3H3. The molecule has 0 heterocycles. The highest BCUT2D eigenvalue weighted by Crippen LogP contribution is 2.25. The van der Waals surface area contributed by atoms with Gasteiger partial charge < -0.3 is 10.2 Å². The van der Waals surface area contributed by atoms with Crippen molar-refractivity contribution in [2.45, 2.75) is 26.7 Å². The van der Waals surface area contributed by atoms with E-state index in [1.165, 1.54) is 6.07 Å². The molecule has 0 saturated carbocycles. The first kappa shape index (κ1) is 15.9. The van der Waals surface area contributed by atoms with Crippen LogP contribution in [0.5, 0.6) is 0 Å². The number of hydrogen-bond acceptors (Lipinski definition) is 4. The lowest BCUT2D eigenvalue weighted by atomic mass is 10.1. The number of carbonyl (C=O) groups is 1. The topological polar surface area (TPSA) is 75.5 Å². The maximum Gasteiger partial charge on any atom is 0.293 e. The Hall–Kier alpha value is -2.11. The molecule has 0 aliphatic carbocycles. The molecule has 0 unspecified atom stereocenters. The van der Waals surface area contributed by atoms with Gasteiger partial charge in [-0.05, 0) is 25.5 Å². The maximum absolute atomic E-state index is 12.2. The minimum Gasteiger partial charge on any atom is -0.380 e. The quantitative estimate of drug-likeness (QED) is 0.615. The summed E-state index contributed by atoms with van der Waals surface area (Å²) in [5, 5.41) is 14.0. The van der Waals surface area contributed by atoms with Crippen LogP contribution >= 0.6 is 0 Å². The molecule has 1 aromatic rings. The van der Waals surface area contributed by atoms with Crippen LogP contribution in [0, 0.1) is 10.1 Å². The maximum atomic E-state index is 12.2. The molecule has 6 nitrogen and oxygen atoms in total. The summed E-state index contributed by atoms with van der Waals surface area (Å²) in [6, 6.07) is 4.54. The van der Waals surface area contributed by atoms with Gasteiger partial charge in [-0.3, -0.25) is 14.9 Å². The second kappa shape index (κ2) is 7.47. The van der Waals surface area contributed by atoms with Crippen LogP contribution in [0.25, 0.3) is 0 Å². The summed E-state index contributed by atoms with van der Waals surface area (Å²) in [4.78, 5) is 24.4. The predicted octanol–water partition coefficient (Wildman–Crippen LogP) is 2.90. The molecule has 1 aromatic carbocycles. The third-order valence-electron chi connectivity index (χ3n) is 3.00. The van der Waals surface area contributed by atoms with E-state index in [-0.39, 0.29) is 11.6 Å². The van der Waals surface area contributed by atoms with Crippen LogP contribution in [0.3, 0.4) is 0 Å². The van der Waals surface area contributed by atoms with Crippen LogP contribution in [0.4, 0.5) is 11.4 Å². The number of nitro groups is 1. The van der Waals surface area contributed by atoms with Gasteiger partial charge in [0.05, 0.1) is 4.92 Å². The summed E-state index contributed by atoms with van der Waals surface area (Å²) in [5.41, 5.74) is 0.712. The number of hydrogen-bond donors (Lipinski definition) is 1. The van der Waals surface area contributed by atoms with E-state index in [0.717, 1.165) is 12.8 Å². The highest BCUT2D eigenvalue weighted by molar-refractivity contribution is 5.95. The largest absolute Gasteiger partial charge is 0.380 e. The molecular weight excluding hydrogens is 258 g/mol. The van der Waals surface area contributed by atoms with Crippen molar-refractivity contribution < 1.29 is 9.72 Å². The van der Waals surface area contributed by atoms with Gasteiger partial charge in [-0.15, -0.1) is 0 Å². The number of nitrogens with zero attached hydrogens (tertiary/aromatic N) is 2. The highest BCUT2D eigenvalue weighted by atomic mass is 16.6. The van der Waals surface area contributed by atoms with Gasteiger partial charge in [0, 0.05) is 31.8 Å². The van der Waals surface area contributed by atoms with E-state index < -0.39 is 4.92 Å². The molecule has 0 bridgehead atoms. The number of benzene rings is 1. The Morgan fingerprint density at radius 3 is 2.65 bits per heavy atom. The van der Waals surface area contributed by atoms with Crippen molar-refractivity contribution in [3.63, 3.8) is 0 Å². The van der Waals surface area contributed by atoms with E-state index in [0.29, 0.717) is 24.3 Å². The molecule has 0 fully saturated rings. The van der Waals surface area contributed by atoms with Crippen molar-refractivity contribution in [2.24, 2.45) is 0 Å². The summed E-state index contributed by atoms with van der Waals surface area (Å²) in [6.07, 6.45) is 1.91. The van der Waals surface area contributed by atoms with Gasteiger partial charge >= 0.3 is 0 Å². The Morgan fingerprint density at radius 2 is 2.10 bits per heavy atom. The molecule has 0 atom stereocenters. The molecule has 0 aromatic heterocycles. The minimum absolute atomic E-state index is 0.0680. The van der Waals surface area contributed by atoms with E-state index in [1.54, 1.807) is 24.1 Å².